The van der Waals surface area contributed by atoms with E-state index in [9.17, 15) is 4.79 Å². The molecule has 2 aromatic heterocycles. The van der Waals surface area contributed by atoms with Gasteiger partial charge in [-0.3, -0.25) is 9.78 Å². The summed E-state index contributed by atoms with van der Waals surface area (Å²) in [6.45, 7) is 3.83. The van der Waals surface area contributed by atoms with Crippen molar-refractivity contribution in [3.8, 4) is 5.69 Å². The van der Waals surface area contributed by atoms with Gasteiger partial charge in [-0.2, -0.15) is 5.10 Å². The number of carbonyl (C=O) groups excluding carboxylic acids is 1. The number of aromatic nitrogens is 3. The van der Waals surface area contributed by atoms with E-state index in [4.69, 9.17) is 0 Å². The molecule has 0 bridgehead atoms. The molecule has 1 aromatic carbocycles. The summed E-state index contributed by atoms with van der Waals surface area (Å²) in [5, 5.41) is 7.34. The molecule has 0 aliphatic rings. The van der Waals surface area contributed by atoms with Crippen LogP contribution in [0.3, 0.4) is 0 Å². The van der Waals surface area contributed by atoms with E-state index in [2.05, 4.69) is 15.4 Å². The van der Waals surface area contributed by atoms with Gasteiger partial charge in [0.15, 0.2) is 5.69 Å². The van der Waals surface area contributed by atoms with Crippen molar-refractivity contribution < 1.29 is 4.79 Å². The van der Waals surface area contributed by atoms with Gasteiger partial charge in [0.25, 0.3) is 5.91 Å². The molecular formula is C18H18N4O. The number of hydrogen-bond donors (Lipinski definition) is 1. The van der Waals surface area contributed by atoms with Crippen LogP contribution in [0.5, 0.6) is 0 Å². The highest BCUT2D eigenvalue weighted by molar-refractivity contribution is 5.92. The lowest BCUT2D eigenvalue weighted by molar-refractivity contribution is 0.0933. The largest absolute Gasteiger partial charge is 0.343 e. The Labute approximate surface area is 135 Å². The molecule has 2 heterocycles. The minimum atomic E-state index is -0.207. The van der Waals surface area contributed by atoms with Gasteiger partial charge in [0.05, 0.1) is 17.4 Å². The summed E-state index contributed by atoms with van der Waals surface area (Å²) in [5.74, 6) is -0.207. The van der Waals surface area contributed by atoms with E-state index in [1.807, 2.05) is 62.4 Å². The Bertz CT molecular complexity index is 796. The second-order valence-corrected chi connectivity index (χ2v) is 5.37. The average molecular weight is 306 g/mol. The Morgan fingerprint density at radius 3 is 2.57 bits per heavy atom. The predicted molar refractivity (Wildman–Crippen MR) is 88.4 cm³/mol. The predicted octanol–water partition coefficient (Wildman–Crippen LogP) is 3.07. The summed E-state index contributed by atoms with van der Waals surface area (Å²) in [6.07, 6.45) is 1.71. The van der Waals surface area contributed by atoms with Crippen molar-refractivity contribution in [3.63, 3.8) is 0 Å². The third-order valence-corrected chi connectivity index (χ3v) is 3.60. The first kappa shape index (κ1) is 15.0. The van der Waals surface area contributed by atoms with Crippen molar-refractivity contribution in [2.45, 2.75) is 19.9 Å². The molecule has 0 aliphatic carbocycles. The fraction of sp³-hybridized carbons (Fsp3) is 0.167. The van der Waals surface area contributed by atoms with Gasteiger partial charge in [-0.25, -0.2) is 4.68 Å². The normalized spacial score (nSPS) is 11.9. The van der Waals surface area contributed by atoms with Gasteiger partial charge < -0.3 is 5.32 Å². The molecular weight excluding hydrogens is 288 g/mol. The molecule has 1 amide bonds. The fourth-order valence-electron chi connectivity index (χ4n) is 2.39. The van der Waals surface area contributed by atoms with Crippen LogP contribution in [-0.4, -0.2) is 20.7 Å². The van der Waals surface area contributed by atoms with Crippen molar-refractivity contribution in [2.75, 3.05) is 0 Å². The van der Waals surface area contributed by atoms with E-state index in [1.165, 1.54) is 0 Å². The highest BCUT2D eigenvalue weighted by Gasteiger charge is 2.16. The van der Waals surface area contributed by atoms with Crippen LogP contribution in [0.15, 0.2) is 60.8 Å². The lowest BCUT2D eigenvalue weighted by atomic mass is 10.2. The summed E-state index contributed by atoms with van der Waals surface area (Å²) in [4.78, 5) is 16.7. The molecule has 23 heavy (non-hydrogen) atoms. The standard InChI is InChI=1S/C18H18N4O/c1-13-12-17(21-22(13)15-8-4-3-5-9-15)18(23)20-14(2)16-10-6-7-11-19-16/h3-12,14H,1-2H3,(H,20,23)/t14-/m0/s1. The van der Waals surface area contributed by atoms with E-state index in [-0.39, 0.29) is 11.9 Å². The van der Waals surface area contributed by atoms with Crippen molar-refractivity contribution in [2.24, 2.45) is 0 Å². The maximum atomic E-state index is 12.4. The number of rotatable bonds is 4. The van der Waals surface area contributed by atoms with Crippen molar-refractivity contribution in [3.05, 3.63) is 77.9 Å². The Hall–Kier alpha value is -2.95. The molecule has 0 saturated carbocycles. The Morgan fingerprint density at radius 2 is 1.87 bits per heavy atom. The maximum Gasteiger partial charge on any atom is 0.272 e. The maximum absolute atomic E-state index is 12.4. The van der Waals surface area contributed by atoms with Crippen LogP contribution in [0.2, 0.25) is 0 Å². The van der Waals surface area contributed by atoms with Crippen LogP contribution in [0.1, 0.15) is 34.8 Å². The zero-order chi connectivity index (χ0) is 16.2. The van der Waals surface area contributed by atoms with E-state index >= 15 is 0 Å². The number of aryl methyl sites for hydroxylation is 1. The van der Waals surface area contributed by atoms with Crippen LogP contribution >= 0.6 is 0 Å². The summed E-state index contributed by atoms with van der Waals surface area (Å²) in [5.41, 5.74) is 3.06. The molecule has 3 aromatic rings. The minimum absolute atomic E-state index is 0.175. The molecule has 0 saturated heterocycles. The van der Waals surface area contributed by atoms with Gasteiger partial charge in [0, 0.05) is 11.9 Å². The second-order valence-electron chi connectivity index (χ2n) is 5.37. The zero-order valence-electron chi connectivity index (χ0n) is 13.1. The van der Waals surface area contributed by atoms with E-state index < -0.39 is 0 Å². The number of pyridine rings is 1. The zero-order valence-corrected chi connectivity index (χ0v) is 13.1. The Balaban J connectivity index is 1.79. The Kier molecular flexibility index (Phi) is 4.19. The molecule has 1 N–H and O–H groups in total. The summed E-state index contributed by atoms with van der Waals surface area (Å²) >= 11 is 0. The number of para-hydroxylation sites is 1. The quantitative estimate of drug-likeness (QED) is 0.806. The van der Waals surface area contributed by atoms with E-state index in [0.29, 0.717) is 5.69 Å². The highest BCUT2D eigenvalue weighted by atomic mass is 16.2. The molecule has 5 heteroatoms. The minimum Gasteiger partial charge on any atom is -0.343 e. The molecule has 5 nitrogen and oxygen atoms in total. The number of nitrogens with zero attached hydrogens (tertiary/aromatic N) is 3. The van der Waals surface area contributed by atoms with Crippen LogP contribution in [-0.2, 0) is 0 Å². The number of benzene rings is 1. The molecule has 0 radical (unpaired) electrons. The van der Waals surface area contributed by atoms with Gasteiger partial charge in [0.2, 0.25) is 0 Å². The van der Waals surface area contributed by atoms with Crippen molar-refractivity contribution >= 4 is 5.91 Å². The molecule has 116 valence electrons. The Morgan fingerprint density at radius 1 is 1.13 bits per heavy atom. The van der Waals surface area contributed by atoms with E-state index in [1.54, 1.807) is 16.9 Å². The average Bonchev–Trinajstić information content (AvgIpc) is 2.98. The monoisotopic (exact) mass is 306 g/mol. The molecule has 0 unspecified atom stereocenters. The SMILES string of the molecule is Cc1cc(C(=O)N[C@@H](C)c2ccccn2)nn1-c1ccccc1. The first-order chi connectivity index (χ1) is 11.1. The summed E-state index contributed by atoms with van der Waals surface area (Å²) in [6, 6.07) is 17.0. The first-order valence-electron chi connectivity index (χ1n) is 7.49. The second kappa shape index (κ2) is 6.44. The number of carbonyl (C=O) groups is 1. The third-order valence-electron chi connectivity index (χ3n) is 3.60. The molecule has 0 aliphatic heterocycles. The fourth-order valence-corrected chi connectivity index (χ4v) is 2.39. The number of nitrogens with one attached hydrogen (secondary N) is 1. The molecule has 0 fully saturated rings. The van der Waals surface area contributed by atoms with Crippen LogP contribution in [0.25, 0.3) is 5.69 Å². The third kappa shape index (κ3) is 3.29. The van der Waals surface area contributed by atoms with Gasteiger partial charge in [-0.1, -0.05) is 24.3 Å². The first-order valence-corrected chi connectivity index (χ1v) is 7.49. The summed E-state index contributed by atoms with van der Waals surface area (Å²) < 4.78 is 1.76. The van der Waals surface area contributed by atoms with E-state index in [0.717, 1.165) is 17.1 Å². The highest BCUT2D eigenvalue weighted by Crippen LogP contribution is 2.13. The van der Waals surface area contributed by atoms with Gasteiger partial charge in [-0.05, 0) is 44.2 Å². The topological polar surface area (TPSA) is 59.8 Å². The van der Waals surface area contributed by atoms with Crippen LogP contribution in [0, 0.1) is 6.92 Å². The lowest BCUT2D eigenvalue weighted by Gasteiger charge is -2.11. The van der Waals surface area contributed by atoms with Crippen LogP contribution < -0.4 is 5.32 Å². The molecule has 3 rings (SSSR count). The van der Waals surface area contributed by atoms with Gasteiger partial charge in [-0.15, -0.1) is 0 Å². The molecule has 1 atom stereocenters. The summed E-state index contributed by atoms with van der Waals surface area (Å²) in [7, 11) is 0. The number of hydrogen-bond acceptors (Lipinski definition) is 3. The van der Waals surface area contributed by atoms with Crippen molar-refractivity contribution in [1.82, 2.24) is 20.1 Å². The smallest absolute Gasteiger partial charge is 0.272 e. The lowest BCUT2D eigenvalue weighted by Crippen LogP contribution is -2.27. The molecule has 0 spiro atoms. The van der Waals surface area contributed by atoms with Crippen LogP contribution in [0.4, 0.5) is 0 Å². The van der Waals surface area contributed by atoms with Gasteiger partial charge >= 0.3 is 0 Å². The van der Waals surface area contributed by atoms with Crippen molar-refractivity contribution in [1.29, 1.82) is 0 Å². The van der Waals surface area contributed by atoms with Gasteiger partial charge in [0.1, 0.15) is 0 Å². The number of amides is 1.